The Morgan fingerprint density at radius 3 is 2.70 bits per heavy atom. The fourth-order valence-corrected chi connectivity index (χ4v) is 2.83. The van der Waals surface area contributed by atoms with Crippen LogP contribution in [0.4, 0.5) is 11.8 Å². The zero-order valence-electron chi connectivity index (χ0n) is 12.9. The fourth-order valence-electron chi connectivity index (χ4n) is 2.39. The Labute approximate surface area is 132 Å². The van der Waals surface area contributed by atoms with Gasteiger partial charge in [-0.25, -0.2) is 4.98 Å². The van der Waals surface area contributed by atoms with Crippen LogP contribution in [0.25, 0.3) is 11.2 Å². The average Bonchev–Trinajstić information content (AvgIpc) is 3.10. The van der Waals surface area contributed by atoms with E-state index in [0.717, 1.165) is 12.8 Å². The Bertz CT molecular complexity index is 781. The lowest BCUT2D eigenvalue weighted by Crippen LogP contribution is -2.22. The third kappa shape index (κ3) is 3.45. The lowest BCUT2D eigenvalue weighted by molar-refractivity contribution is 0.0417. The van der Waals surface area contributed by atoms with E-state index in [1.54, 1.807) is 15.8 Å². The number of ether oxygens (including phenoxy) is 1. The highest BCUT2D eigenvalue weighted by molar-refractivity contribution is 7.51. The molecule has 126 valence electrons. The van der Waals surface area contributed by atoms with E-state index in [-0.39, 0.29) is 5.95 Å². The molecule has 11 heteroatoms. The van der Waals surface area contributed by atoms with Crippen molar-refractivity contribution in [2.75, 3.05) is 31.1 Å². The summed E-state index contributed by atoms with van der Waals surface area (Å²) in [5.74, 6) is 0.760. The minimum atomic E-state index is -4.19. The molecule has 2 heterocycles. The van der Waals surface area contributed by atoms with Gasteiger partial charge in [0.25, 0.3) is 0 Å². The summed E-state index contributed by atoms with van der Waals surface area (Å²) in [6, 6.07) is 0. The molecule has 1 aliphatic rings. The first-order chi connectivity index (χ1) is 10.7. The molecule has 0 bridgehead atoms. The Morgan fingerprint density at radius 2 is 2.13 bits per heavy atom. The number of imidazole rings is 1. The minimum absolute atomic E-state index is 0.143. The summed E-state index contributed by atoms with van der Waals surface area (Å²) >= 11 is 0. The SMILES string of the molecule is CN(C)c1nc(N)nc2c1ncn2CC1(OCP(=O)(O)O)CC1. The third-order valence-corrected chi connectivity index (χ3v) is 4.16. The number of hydrogen-bond donors (Lipinski definition) is 3. The maximum Gasteiger partial charge on any atom is 0.351 e. The lowest BCUT2D eigenvalue weighted by atomic mass is 10.3. The number of aromatic nitrogens is 4. The zero-order valence-corrected chi connectivity index (χ0v) is 13.8. The molecule has 1 aliphatic carbocycles. The van der Waals surface area contributed by atoms with Crippen molar-refractivity contribution in [3.63, 3.8) is 0 Å². The summed E-state index contributed by atoms with van der Waals surface area (Å²) in [6.07, 6.45) is 2.49. The number of nitrogen functional groups attached to an aromatic ring is 1. The van der Waals surface area contributed by atoms with Gasteiger partial charge < -0.3 is 29.7 Å². The van der Waals surface area contributed by atoms with Gasteiger partial charge in [0, 0.05) is 14.1 Å². The second kappa shape index (κ2) is 5.41. The van der Waals surface area contributed by atoms with Crippen molar-refractivity contribution in [2.24, 2.45) is 0 Å². The Balaban J connectivity index is 1.88. The molecule has 10 nitrogen and oxygen atoms in total. The van der Waals surface area contributed by atoms with E-state index in [0.29, 0.717) is 23.5 Å². The summed E-state index contributed by atoms with van der Waals surface area (Å²) in [5, 5.41) is 0. The maximum absolute atomic E-state index is 11.0. The van der Waals surface area contributed by atoms with Crippen molar-refractivity contribution in [1.29, 1.82) is 0 Å². The molecule has 0 saturated heterocycles. The molecule has 3 rings (SSSR count). The predicted octanol–water partition coefficient (Wildman–Crippen LogP) is 0.159. The van der Waals surface area contributed by atoms with Crippen LogP contribution in [-0.2, 0) is 15.8 Å². The molecule has 0 aromatic carbocycles. The van der Waals surface area contributed by atoms with E-state index in [2.05, 4.69) is 15.0 Å². The first-order valence-corrected chi connectivity index (χ1v) is 8.83. The lowest BCUT2D eigenvalue weighted by Gasteiger charge is -2.18. The zero-order chi connectivity index (χ0) is 16.8. The van der Waals surface area contributed by atoms with Crippen LogP contribution in [0.2, 0.25) is 0 Å². The van der Waals surface area contributed by atoms with Crippen LogP contribution in [0.5, 0.6) is 0 Å². The third-order valence-electron chi connectivity index (χ3n) is 3.69. The van der Waals surface area contributed by atoms with Crippen LogP contribution in [0.1, 0.15) is 12.8 Å². The van der Waals surface area contributed by atoms with Gasteiger partial charge in [0.1, 0.15) is 6.35 Å². The van der Waals surface area contributed by atoms with Crippen molar-refractivity contribution in [1.82, 2.24) is 19.5 Å². The predicted molar refractivity (Wildman–Crippen MR) is 84.0 cm³/mol. The van der Waals surface area contributed by atoms with Crippen LogP contribution >= 0.6 is 7.60 Å². The van der Waals surface area contributed by atoms with Gasteiger partial charge in [0.15, 0.2) is 17.0 Å². The van der Waals surface area contributed by atoms with Crippen molar-refractivity contribution in [3.05, 3.63) is 6.33 Å². The average molecular weight is 342 g/mol. The van der Waals surface area contributed by atoms with E-state index in [9.17, 15) is 4.57 Å². The van der Waals surface area contributed by atoms with Gasteiger partial charge in [-0.2, -0.15) is 9.97 Å². The van der Waals surface area contributed by atoms with Crippen molar-refractivity contribution in [2.45, 2.75) is 25.0 Å². The molecule has 4 N–H and O–H groups in total. The van der Waals surface area contributed by atoms with Gasteiger partial charge in [-0.05, 0) is 12.8 Å². The van der Waals surface area contributed by atoms with E-state index < -0.39 is 19.5 Å². The minimum Gasteiger partial charge on any atom is -0.368 e. The van der Waals surface area contributed by atoms with Gasteiger partial charge >= 0.3 is 7.60 Å². The molecule has 0 radical (unpaired) electrons. The van der Waals surface area contributed by atoms with Crippen LogP contribution in [-0.4, -0.2) is 55.4 Å². The van der Waals surface area contributed by atoms with Crippen molar-refractivity contribution in [3.8, 4) is 0 Å². The molecule has 0 unspecified atom stereocenters. The van der Waals surface area contributed by atoms with Crippen molar-refractivity contribution < 1.29 is 19.1 Å². The summed E-state index contributed by atoms with van der Waals surface area (Å²) < 4.78 is 18.2. The smallest absolute Gasteiger partial charge is 0.351 e. The molecule has 1 fully saturated rings. The van der Waals surface area contributed by atoms with Gasteiger partial charge in [-0.3, -0.25) is 4.57 Å². The monoisotopic (exact) mass is 342 g/mol. The van der Waals surface area contributed by atoms with E-state index >= 15 is 0 Å². The number of hydrogen-bond acceptors (Lipinski definition) is 7. The highest BCUT2D eigenvalue weighted by atomic mass is 31.2. The Kier molecular flexibility index (Phi) is 3.80. The maximum atomic E-state index is 11.0. The molecular formula is C12H19N6O4P. The molecule has 0 aliphatic heterocycles. The Morgan fingerprint density at radius 1 is 1.43 bits per heavy atom. The van der Waals surface area contributed by atoms with Gasteiger partial charge in [0.2, 0.25) is 5.95 Å². The summed E-state index contributed by atoms with van der Waals surface area (Å²) in [7, 11) is -0.510. The fraction of sp³-hybridized carbons (Fsp3) is 0.583. The molecule has 2 aromatic rings. The molecule has 0 atom stereocenters. The standard InChI is InChI=1S/C12H19N6O4P/c1-17(2)9-8-10(16-11(13)15-9)18(6-14-8)5-12(3-4-12)22-7-23(19,20)21/h6H,3-5,7H2,1-2H3,(H2,13,15,16)(H2,19,20,21). The Hall–Kier alpha value is -1.74. The van der Waals surface area contributed by atoms with Crippen molar-refractivity contribution >= 4 is 30.5 Å². The second-order valence-corrected chi connectivity index (χ2v) is 7.55. The summed E-state index contributed by atoms with van der Waals surface area (Å²) in [4.78, 5) is 32.5. The van der Waals surface area contributed by atoms with Crippen LogP contribution in [0.15, 0.2) is 6.33 Å². The van der Waals surface area contributed by atoms with Gasteiger partial charge in [-0.15, -0.1) is 0 Å². The van der Waals surface area contributed by atoms with E-state index in [4.69, 9.17) is 20.3 Å². The summed E-state index contributed by atoms with van der Waals surface area (Å²) in [6.45, 7) is 0.410. The number of nitrogens with zero attached hydrogens (tertiary/aromatic N) is 5. The molecular weight excluding hydrogens is 323 g/mol. The quantitative estimate of drug-likeness (QED) is 0.626. The van der Waals surface area contributed by atoms with E-state index in [1.165, 1.54) is 0 Å². The van der Waals surface area contributed by atoms with Crippen LogP contribution in [0.3, 0.4) is 0 Å². The highest BCUT2D eigenvalue weighted by Crippen LogP contribution is 2.46. The number of nitrogens with two attached hydrogens (primary N) is 1. The highest BCUT2D eigenvalue weighted by Gasteiger charge is 2.46. The summed E-state index contributed by atoms with van der Waals surface area (Å²) in [5.41, 5.74) is 6.38. The molecule has 0 spiro atoms. The first kappa shape index (κ1) is 16.1. The number of rotatable bonds is 6. The number of fused-ring (bicyclic) bond motifs is 1. The molecule has 23 heavy (non-hydrogen) atoms. The second-order valence-electron chi connectivity index (χ2n) is 5.97. The molecule has 1 saturated carbocycles. The largest absolute Gasteiger partial charge is 0.368 e. The van der Waals surface area contributed by atoms with Crippen LogP contribution < -0.4 is 10.6 Å². The van der Waals surface area contributed by atoms with Gasteiger partial charge in [0.05, 0.1) is 18.5 Å². The van der Waals surface area contributed by atoms with Gasteiger partial charge in [-0.1, -0.05) is 0 Å². The molecule has 0 amide bonds. The normalized spacial score (nSPS) is 16.7. The van der Waals surface area contributed by atoms with E-state index in [1.807, 2.05) is 14.1 Å². The topological polar surface area (TPSA) is 140 Å². The number of anilines is 2. The van der Waals surface area contributed by atoms with Crippen LogP contribution in [0, 0.1) is 0 Å². The molecule has 2 aromatic heterocycles. The first-order valence-electron chi connectivity index (χ1n) is 7.03.